The summed E-state index contributed by atoms with van der Waals surface area (Å²) in [6.07, 6.45) is 6.83. The molecule has 1 saturated carbocycles. The van der Waals surface area contributed by atoms with Crippen LogP contribution in [0.5, 0.6) is 0 Å². The number of nitrogens with zero attached hydrogens (tertiary/aromatic N) is 1. The maximum absolute atomic E-state index is 12.3. The van der Waals surface area contributed by atoms with Crippen molar-refractivity contribution >= 4 is 5.78 Å². The van der Waals surface area contributed by atoms with E-state index in [1.165, 1.54) is 12.8 Å². The van der Waals surface area contributed by atoms with Crippen LogP contribution in [0, 0.1) is 0 Å². The van der Waals surface area contributed by atoms with Crippen molar-refractivity contribution in [2.24, 2.45) is 0 Å². The molecule has 3 heteroatoms. The zero-order valence-electron chi connectivity index (χ0n) is 10.9. The number of rotatable bonds is 5. The Kier molecular flexibility index (Phi) is 5.42. The molecule has 16 heavy (non-hydrogen) atoms. The van der Waals surface area contributed by atoms with Gasteiger partial charge in [0, 0.05) is 6.61 Å². The Morgan fingerprint density at radius 3 is 2.19 bits per heavy atom. The molecule has 0 spiro atoms. The molecular weight excluding hydrogens is 202 g/mol. The standard InChI is InChI=1S/C13H25NO2/c1-4-16-11-12(15)13(14(2)3)9-7-5-6-8-10-13/h4-11H2,1-3H3. The Balaban J connectivity index is 2.73. The minimum Gasteiger partial charge on any atom is -0.374 e. The summed E-state index contributed by atoms with van der Waals surface area (Å²) in [5, 5.41) is 0. The first-order chi connectivity index (χ1) is 7.63. The van der Waals surface area contributed by atoms with Gasteiger partial charge in [0.15, 0.2) is 5.78 Å². The molecule has 0 aliphatic heterocycles. The number of ketones is 1. The van der Waals surface area contributed by atoms with Gasteiger partial charge in [-0.1, -0.05) is 25.7 Å². The summed E-state index contributed by atoms with van der Waals surface area (Å²) in [6.45, 7) is 2.83. The third-order valence-corrected chi connectivity index (χ3v) is 3.74. The van der Waals surface area contributed by atoms with Gasteiger partial charge >= 0.3 is 0 Å². The van der Waals surface area contributed by atoms with Gasteiger partial charge in [-0.05, 0) is 33.9 Å². The molecule has 0 amide bonds. The summed E-state index contributed by atoms with van der Waals surface area (Å²) < 4.78 is 5.29. The van der Waals surface area contributed by atoms with Crippen LogP contribution in [-0.4, -0.2) is 43.5 Å². The van der Waals surface area contributed by atoms with Gasteiger partial charge in [0.1, 0.15) is 6.61 Å². The highest BCUT2D eigenvalue weighted by Gasteiger charge is 2.39. The fourth-order valence-corrected chi connectivity index (χ4v) is 2.62. The average Bonchev–Trinajstić information content (AvgIpc) is 2.52. The van der Waals surface area contributed by atoms with Crippen molar-refractivity contribution in [1.29, 1.82) is 0 Å². The molecule has 1 aliphatic carbocycles. The van der Waals surface area contributed by atoms with Crippen LogP contribution in [-0.2, 0) is 9.53 Å². The fourth-order valence-electron chi connectivity index (χ4n) is 2.62. The summed E-state index contributed by atoms with van der Waals surface area (Å²) in [6, 6.07) is 0. The number of carbonyl (C=O) groups excluding carboxylic acids is 1. The van der Waals surface area contributed by atoms with Crippen LogP contribution in [0.2, 0.25) is 0 Å². The minimum atomic E-state index is -0.258. The number of hydrogen-bond donors (Lipinski definition) is 0. The number of likely N-dealkylation sites (N-methyl/N-ethyl adjacent to an activating group) is 1. The van der Waals surface area contributed by atoms with Crippen LogP contribution in [0.15, 0.2) is 0 Å². The quantitative estimate of drug-likeness (QED) is 0.675. The molecule has 0 aromatic heterocycles. The van der Waals surface area contributed by atoms with Crippen molar-refractivity contribution in [3.05, 3.63) is 0 Å². The zero-order valence-corrected chi connectivity index (χ0v) is 10.9. The van der Waals surface area contributed by atoms with Crippen molar-refractivity contribution in [2.75, 3.05) is 27.3 Å². The van der Waals surface area contributed by atoms with E-state index in [9.17, 15) is 4.79 Å². The molecule has 0 aromatic carbocycles. The molecular formula is C13H25NO2. The summed E-state index contributed by atoms with van der Waals surface area (Å²) in [4.78, 5) is 14.4. The van der Waals surface area contributed by atoms with Gasteiger partial charge in [-0.3, -0.25) is 9.69 Å². The lowest BCUT2D eigenvalue weighted by Crippen LogP contribution is -2.52. The van der Waals surface area contributed by atoms with E-state index in [4.69, 9.17) is 4.74 Å². The predicted octanol–water partition coefficient (Wildman–Crippen LogP) is 2.25. The third-order valence-electron chi connectivity index (χ3n) is 3.74. The summed E-state index contributed by atoms with van der Waals surface area (Å²) in [5.74, 6) is 0.265. The Bertz CT molecular complexity index is 218. The van der Waals surface area contributed by atoms with Crippen molar-refractivity contribution in [3.63, 3.8) is 0 Å². The van der Waals surface area contributed by atoms with E-state index in [1.807, 2.05) is 21.0 Å². The molecule has 1 aliphatic rings. The minimum absolute atomic E-state index is 0.258. The molecule has 1 rings (SSSR count). The van der Waals surface area contributed by atoms with Crippen LogP contribution in [0.3, 0.4) is 0 Å². The largest absolute Gasteiger partial charge is 0.374 e. The summed E-state index contributed by atoms with van der Waals surface area (Å²) >= 11 is 0. The molecule has 0 saturated heterocycles. The molecule has 0 aromatic rings. The average molecular weight is 227 g/mol. The van der Waals surface area contributed by atoms with Crippen LogP contribution < -0.4 is 0 Å². The van der Waals surface area contributed by atoms with Crippen molar-refractivity contribution in [3.8, 4) is 0 Å². The highest BCUT2D eigenvalue weighted by Crippen LogP contribution is 2.32. The van der Waals surface area contributed by atoms with Crippen molar-refractivity contribution < 1.29 is 9.53 Å². The number of Topliss-reactive ketones (excluding diaryl/α,β-unsaturated/α-hetero) is 1. The first-order valence-corrected chi connectivity index (χ1v) is 6.42. The van der Waals surface area contributed by atoms with E-state index in [-0.39, 0.29) is 17.9 Å². The Labute approximate surface area is 99.1 Å². The second-order valence-corrected chi connectivity index (χ2v) is 4.90. The molecule has 0 radical (unpaired) electrons. The maximum atomic E-state index is 12.3. The van der Waals surface area contributed by atoms with E-state index >= 15 is 0 Å². The van der Waals surface area contributed by atoms with Gasteiger partial charge in [0.2, 0.25) is 0 Å². The lowest BCUT2D eigenvalue weighted by molar-refractivity contribution is -0.135. The Morgan fingerprint density at radius 1 is 1.19 bits per heavy atom. The van der Waals surface area contributed by atoms with Gasteiger partial charge in [-0.25, -0.2) is 0 Å². The third kappa shape index (κ3) is 3.05. The van der Waals surface area contributed by atoms with Gasteiger partial charge in [0.05, 0.1) is 5.54 Å². The molecule has 0 atom stereocenters. The van der Waals surface area contributed by atoms with E-state index in [2.05, 4.69) is 4.90 Å². The predicted molar refractivity (Wildman–Crippen MR) is 65.6 cm³/mol. The molecule has 0 heterocycles. The highest BCUT2D eigenvalue weighted by atomic mass is 16.5. The molecule has 0 N–H and O–H groups in total. The van der Waals surface area contributed by atoms with Crippen LogP contribution >= 0.6 is 0 Å². The van der Waals surface area contributed by atoms with Crippen LogP contribution in [0.4, 0.5) is 0 Å². The molecule has 94 valence electrons. The number of carbonyl (C=O) groups is 1. The van der Waals surface area contributed by atoms with E-state index in [1.54, 1.807) is 0 Å². The molecule has 3 nitrogen and oxygen atoms in total. The highest BCUT2D eigenvalue weighted by molar-refractivity contribution is 5.89. The molecule has 0 unspecified atom stereocenters. The SMILES string of the molecule is CCOCC(=O)C1(N(C)C)CCCCCC1. The molecule has 1 fully saturated rings. The smallest absolute Gasteiger partial charge is 0.178 e. The Morgan fingerprint density at radius 2 is 1.75 bits per heavy atom. The van der Waals surface area contributed by atoms with Gasteiger partial charge < -0.3 is 4.74 Å². The summed E-state index contributed by atoms with van der Waals surface area (Å²) in [7, 11) is 4.05. The second kappa shape index (κ2) is 6.36. The molecule has 0 bridgehead atoms. The van der Waals surface area contributed by atoms with Gasteiger partial charge in [-0.2, -0.15) is 0 Å². The lowest BCUT2D eigenvalue weighted by Gasteiger charge is -2.37. The summed E-state index contributed by atoms with van der Waals surface area (Å²) in [5.41, 5.74) is -0.258. The van der Waals surface area contributed by atoms with Gasteiger partial charge in [-0.15, -0.1) is 0 Å². The Hall–Kier alpha value is -0.410. The maximum Gasteiger partial charge on any atom is 0.178 e. The number of hydrogen-bond acceptors (Lipinski definition) is 3. The van der Waals surface area contributed by atoms with E-state index in [0.717, 1.165) is 25.7 Å². The first kappa shape index (κ1) is 13.7. The van der Waals surface area contributed by atoms with Crippen LogP contribution in [0.25, 0.3) is 0 Å². The van der Waals surface area contributed by atoms with Crippen molar-refractivity contribution in [2.45, 2.75) is 51.0 Å². The fraction of sp³-hybridized carbons (Fsp3) is 0.923. The number of ether oxygens (including phenoxy) is 1. The first-order valence-electron chi connectivity index (χ1n) is 6.42. The second-order valence-electron chi connectivity index (χ2n) is 4.90. The van der Waals surface area contributed by atoms with Gasteiger partial charge in [0.25, 0.3) is 0 Å². The zero-order chi connectivity index (χ0) is 12.0. The monoisotopic (exact) mass is 227 g/mol. The lowest BCUT2D eigenvalue weighted by atomic mass is 9.84. The van der Waals surface area contributed by atoms with Crippen LogP contribution in [0.1, 0.15) is 45.4 Å². The normalized spacial score (nSPS) is 20.8. The van der Waals surface area contributed by atoms with Crippen molar-refractivity contribution in [1.82, 2.24) is 4.90 Å². The van der Waals surface area contributed by atoms with E-state index < -0.39 is 0 Å². The van der Waals surface area contributed by atoms with E-state index in [0.29, 0.717) is 6.61 Å². The topological polar surface area (TPSA) is 29.5 Å².